The summed E-state index contributed by atoms with van der Waals surface area (Å²) >= 11 is 0. The molecule has 1 saturated heterocycles. The summed E-state index contributed by atoms with van der Waals surface area (Å²) in [5.74, 6) is 1.78. The fourth-order valence-electron chi connectivity index (χ4n) is 4.38. The van der Waals surface area contributed by atoms with Gasteiger partial charge in [-0.3, -0.25) is 4.99 Å². The van der Waals surface area contributed by atoms with Gasteiger partial charge in [0.15, 0.2) is 11.6 Å². The van der Waals surface area contributed by atoms with Crippen LogP contribution in [0.5, 0.6) is 11.8 Å². The van der Waals surface area contributed by atoms with E-state index in [1.807, 2.05) is 50.3 Å². The van der Waals surface area contributed by atoms with Crippen LogP contribution in [0.1, 0.15) is 25.0 Å². The molecule has 7 nitrogen and oxygen atoms in total. The molecule has 1 aliphatic carbocycles. The Balaban J connectivity index is 1.45. The van der Waals surface area contributed by atoms with Crippen LogP contribution in [-0.2, 0) is 6.42 Å². The SMILES string of the molecule is C/C=C\C1=CC(Nc2cc(N3CCN(C)CC3)nc(Oc3ccc4c(c3F)C=C(C)C4)n2)=NC1. The summed E-state index contributed by atoms with van der Waals surface area (Å²) < 4.78 is 21.1. The predicted octanol–water partition coefficient (Wildman–Crippen LogP) is 4.45. The molecule has 1 N–H and O–H groups in total. The van der Waals surface area contributed by atoms with Gasteiger partial charge in [-0.05, 0) is 50.6 Å². The zero-order valence-corrected chi connectivity index (χ0v) is 19.8. The van der Waals surface area contributed by atoms with Gasteiger partial charge < -0.3 is 19.9 Å². The second-order valence-electron chi connectivity index (χ2n) is 8.95. The summed E-state index contributed by atoms with van der Waals surface area (Å²) in [6.45, 7) is 8.18. The van der Waals surface area contributed by atoms with Gasteiger partial charge in [0.25, 0.3) is 0 Å². The minimum absolute atomic E-state index is 0.104. The van der Waals surface area contributed by atoms with E-state index in [1.54, 1.807) is 6.07 Å². The van der Waals surface area contributed by atoms with E-state index in [2.05, 4.69) is 37.1 Å². The van der Waals surface area contributed by atoms with Crippen molar-refractivity contribution in [3.8, 4) is 11.8 Å². The van der Waals surface area contributed by atoms with E-state index in [0.29, 0.717) is 17.9 Å². The van der Waals surface area contributed by atoms with Crippen LogP contribution >= 0.6 is 0 Å². The number of allylic oxidation sites excluding steroid dienone is 2. The molecular formula is C26H29FN6O. The Bertz CT molecular complexity index is 1220. The smallest absolute Gasteiger partial charge is 0.326 e. The zero-order valence-electron chi connectivity index (χ0n) is 19.8. The van der Waals surface area contributed by atoms with Crippen molar-refractivity contribution in [1.82, 2.24) is 14.9 Å². The molecule has 0 amide bonds. The highest BCUT2D eigenvalue weighted by atomic mass is 19.1. The second kappa shape index (κ2) is 9.38. The van der Waals surface area contributed by atoms with Gasteiger partial charge in [-0.1, -0.05) is 29.9 Å². The van der Waals surface area contributed by atoms with E-state index < -0.39 is 0 Å². The third kappa shape index (κ3) is 4.72. The number of halogens is 1. The van der Waals surface area contributed by atoms with Crippen LogP contribution in [0.2, 0.25) is 0 Å². The number of aliphatic imine (C=N–C) groups is 1. The van der Waals surface area contributed by atoms with Gasteiger partial charge in [0.2, 0.25) is 0 Å². The molecular weight excluding hydrogens is 431 g/mol. The number of nitrogens with zero attached hydrogens (tertiary/aromatic N) is 5. The van der Waals surface area contributed by atoms with Gasteiger partial charge in [-0.15, -0.1) is 0 Å². The first-order valence-electron chi connectivity index (χ1n) is 11.6. The van der Waals surface area contributed by atoms with Crippen LogP contribution in [0, 0.1) is 5.82 Å². The highest BCUT2D eigenvalue weighted by molar-refractivity contribution is 6.05. The number of benzene rings is 1. The van der Waals surface area contributed by atoms with Crippen molar-refractivity contribution in [3.05, 3.63) is 64.5 Å². The minimum atomic E-state index is -0.378. The lowest BCUT2D eigenvalue weighted by Gasteiger charge is -2.33. The Morgan fingerprint density at radius 1 is 1.12 bits per heavy atom. The van der Waals surface area contributed by atoms with Gasteiger partial charge in [-0.25, -0.2) is 4.39 Å². The molecule has 0 saturated carbocycles. The molecule has 34 heavy (non-hydrogen) atoms. The van der Waals surface area contributed by atoms with Crippen LogP contribution in [0.3, 0.4) is 0 Å². The van der Waals surface area contributed by atoms with Crippen molar-refractivity contribution in [1.29, 1.82) is 0 Å². The molecule has 2 aliphatic heterocycles. The molecule has 3 heterocycles. The number of anilines is 2. The molecule has 2 aromatic rings. The first-order chi connectivity index (χ1) is 16.5. The van der Waals surface area contributed by atoms with Gasteiger partial charge in [0, 0.05) is 37.8 Å². The largest absolute Gasteiger partial charge is 0.421 e. The van der Waals surface area contributed by atoms with Crippen LogP contribution in [-0.4, -0.2) is 60.5 Å². The monoisotopic (exact) mass is 460 g/mol. The first kappa shape index (κ1) is 22.3. The summed E-state index contributed by atoms with van der Waals surface area (Å²) in [6, 6.07) is 5.57. The molecule has 8 heteroatoms. The van der Waals surface area contributed by atoms with Crippen molar-refractivity contribution in [2.75, 3.05) is 50.0 Å². The van der Waals surface area contributed by atoms with E-state index in [0.717, 1.165) is 61.0 Å². The number of fused-ring (bicyclic) bond motifs is 1. The molecule has 176 valence electrons. The highest BCUT2D eigenvalue weighted by Crippen LogP contribution is 2.34. The van der Waals surface area contributed by atoms with Crippen molar-refractivity contribution in [2.24, 2.45) is 4.99 Å². The lowest BCUT2D eigenvalue weighted by molar-refractivity contribution is 0.311. The molecule has 1 aromatic carbocycles. The summed E-state index contributed by atoms with van der Waals surface area (Å²) in [5.41, 5.74) is 3.82. The predicted molar refractivity (Wildman–Crippen MR) is 134 cm³/mol. The molecule has 1 fully saturated rings. The van der Waals surface area contributed by atoms with Crippen molar-refractivity contribution in [3.63, 3.8) is 0 Å². The number of hydrogen-bond donors (Lipinski definition) is 1. The zero-order chi connectivity index (χ0) is 23.7. The number of hydrogen-bond acceptors (Lipinski definition) is 7. The summed E-state index contributed by atoms with van der Waals surface area (Å²) in [7, 11) is 2.11. The number of nitrogens with one attached hydrogen (secondary N) is 1. The molecule has 0 radical (unpaired) electrons. The van der Waals surface area contributed by atoms with Crippen molar-refractivity contribution in [2.45, 2.75) is 20.3 Å². The topological polar surface area (TPSA) is 65.9 Å². The van der Waals surface area contributed by atoms with Crippen LogP contribution < -0.4 is 15.0 Å². The average Bonchev–Trinajstić information content (AvgIpc) is 3.42. The molecule has 0 spiro atoms. The normalized spacial score (nSPS) is 18.1. The van der Waals surface area contributed by atoms with Crippen LogP contribution in [0.25, 0.3) is 6.08 Å². The van der Waals surface area contributed by atoms with E-state index in [1.165, 1.54) is 0 Å². The Morgan fingerprint density at radius 2 is 1.94 bits per heavy atom. The average molecular weight is 461 g/mol. The van der Waals surface area contributed by atoms with E-state index in [-0.39, 0.29) is 17.6 Å². The number of ether oxygens (including phenoxy) is 1. The summed E-state index contributed by atoms with van der Waals surface area (Å²) in [4.78, 5) is 18.2. The van der Waals surface area contributed by atoms with Gasteiger partial charge in [0.1, 0.15) is 17.5 Å². The third-order valence-corrected chi connectivity index (χ3v) is 6.21. The lowest BCUT2D eigenvalue weighted by Crippen LogP contribution is -2.44. The summed E-state index contributed by atoms with van der Waals surface area (Å²) in [5, 5.41) is 3.27. The van der Waals surface area contributed by atoms with Gasteiger partial charge in [0.05, 0.1) is 6.54 Å². The van der Waals surface area contributed by atoms with E-state index >= 15 is 4.39 Å². The Morgan fingerprint density at radius 3 is 2.74 bits per heavy atom. The van der Waals surface area contributed by atoms with Gasteiger partial charge in [-0.2, -0.15) is 9.97 Å². The maximum atomic E-state index is 15.2. The maximum Gasteiger partial charge on any atom is 0.326 e. The number of amidine groups is 1. The van der Waals surface area contributed by atoms with Crippen molar-refractivity contribution < 1.29 is 9.13 Å². The molecule has 3 aliphatic rings. The van der Waals surface area contributed by atoms with Crippen molar-refractivity contribution >= 4 is 23.5 Å². The Labute approximate surface area is 199 Å². The third-order valence-electron chi connectivity index (χ3n) is 6.21. The molecule has 0 unspecified atom stereocenters. The number of likely N-dealkylation sites (N-methyl/N-ethyl adjacent to an activating group) is 1. The standard InChI is InChI=1S/C26H29FN6O/c1-4-5-18-14-22(28-16-18)29-23-15-24(33-10-8-32(3)9-11-33)31-26(30-23)34-21-7-6-19-12-17(2)13-20(19)25(21)27/h4-7,13-15H,8-12,16H2,1-3H3,(H,28,29,30,31)/b5-4-. The first-order valence-corrected chi connectivity index (χ1v) is 11.6. The molecule has 0 bridgehead atoms. The number of aromatic nitrogens is 2. The molecule has 0 atom stereocenters. The van der Waals surface area contributed by atoms with Crippen LogP contribution in [0.15, 0.2) is 52.6 Å². The molecule has 5 rings (SSSR count). The summed E-state index contributed by atoms with van der Waals surface area (Å²) in [6.07, 6.45) is 8.66. The maximum absolute atomic E-state index is 15.2. The number of rotatable bonds is 5. The van der Waals surface area contributed by atoms with Crippen LogP contribution in [0.4, 0.5) is 16.0 Å². The second-order valence-corrected chi connectivity index (χ2v) is 8.95. The quantitative estimate of drug-likeness (QED) is 0.712. The van der Waals surface area contributed by atoms with Gasteiger partial charge >= 0.3 is 6.01 Å². The molecule has 1 aromatic heterocycles. The minimum Gasteiger partial charge on any atom is -0.421 e. The fraction of sp³-hybridized carbons (Fsp3) is 0.346. The lowest BCUT2D eigenvalue weighted by atomic mass is 10.1. The van der Waals surface area contributed by atoms with E-state index in [4.69, 9.17) is 4.74 Å². The fourth-order valence-corrected chi connectivity index (χ4v) is 4.38. The highest BCUT2D eigenvalue weighted by Gasteiger charge is 2.21. The van der Waals surface area contributed by atoms with E-state index in [9.17, 15) is 0 Å². The Kier molecular flexibility index (Phi) is 6.15. The number of piperazine rings is 1. The Hall–Kier alpha value is -3.52.